The second-order valence-electron chi connectivity index (χ2n) is 4.59. The second kappa shape index (κ2) is 5.78. The number of rotatable bonds is 5. The van der Waals surface area contributed by atoms with Gasteiger partial charge >= 0.3 is 0 Å². The van der Waals surface area contributed by atoms with Crippen LogP contribution in [0.25, 0.3) is 0 Å². The van der Waals surface area contributed by atoms with E-state index >= 15 is 0 Å². The van der Waals surface area contributed by atoms with E-state index in [1.807, 2.05) is 18.2 Å². The summed E-state index contributed by atoms with van der Waals surface area (Å²) in [5.41, 5.74) is 1.97. The summed E-state index contributed by atoms with van der Waals surface area (Å²) in [6, 6.07) is 5.92. The average Bonchev–Trinajstić information content (AvgIpc) is 2.65. The summed E-state index contributed by atoms with van der Waals surface area (Å²) in [4.78, 5) is 13.6. The molecule has 19 heavy (non-hydrogen) atoms. The maximum absolute atomic E-state index is 11.9. The number of halogens is 1. The molecular weight excluding hydrogens is 377 g/mol. The van der Waals surface area contributed by atoms with Crippen LogP contribution in [0.3, 0.4) is 0 Å². The molecule has 1 amide bonds. The van der Waals surface area contributed by atoms with E-state index in [4.69, 9.17) is 0 Å². The van der Waals surface area contributed by atoms with Gasteiger partial charge in [0.15, 0.2) is 0 Å². The monoisotopic (exact) mass is 393 g/mol. The molecule has 0 atom stereocenters. The van der Waals surface area contributed by atoms with Crippen LogP contribution in [0, 0.1) is 3.57 Å². The summed E-state index contributed by atoms with van der Waals surface area (Å²) < 4.78 is 24.0. The first kappa shape index (κ1) is 14.8. The highest BCUT2D eigenvalue weighted by Crippen LogP contribution is 2.30. The molecule has 0 N–H and O–H groups in total. The fourth-order valence-corrected chi connectivity index (χ4v) is 3.60. The summed E-state index contributed by atoms with van der Waals surface area (Å²) in [5, 5.41) is 0. The zero-order chi connectivity index (χ0) is 14.0. The van der Waals surface area contributed by atoms with Crippen molar-refractivity contribution in [3.05, 3.63) is 27.3 Å². The first-order valence-corrected chi connectivity index (χ1v) is 9.12. The molecular formula is C13H16INO3S. The van der Waals surface area contributed by atoms with Gasteiger partial charge in [-0.2, -0.15) is 0 Å². The summed E-state index contributed by atoms with van der Waals surface area (Å²) in [5.74, 6) is 0.369. The van der Waals surface area contributed by atoms with Crippen molar-refractivity contribution in [2.75, 3.05) is 23.0 Å². The van der Waals surface area contributed by atoms with E-state index in [2.05, 4.69) is 22.6 Å². The first-order chi connectivity index (χ1) is 8.93. The zero-order valence-electron chi connectivity index (χ0n) is 10.7. The molecule has 1 aliphatic heterocycles. The van der Waals surface area contributed by atoms with Crippen LogP contribution in [0.1, 0.15) is 18.9 Å². The molecule has 0 aromatic heterocycles. The number of benzene rings is 1. The van der Waals surface area contributed by atoms with Gasteiger partial charge in [-0.3, -0.25) is 4.79 Å². The quantitative estimate of drug-likeness (QED) is 0.720. The number of sulfone groups is 1. The topological polar surface area (TPSA) is 54.5 Å². The van der Waals surface area contributed by atoms with Gasteiger partial charge in [-0.15, -0.1) is 0 Å². The van der Waals surface area contributed by atoms with Crippen LogP contribution in [0.15, 0.2) is 18.2 Å². The maximum atomic E-state index is 11.9. The second-order valence-corrected chi connectivity index (χ2v) is 8.30. The molecule has 1 aromatic carbocycles. The number of carbonyl (C=O) groups is 1. The average molecular weight is 393 g/mol. The number of anilines is 1. The van der Waals surface area contributed by atoms with Crippen LogP contribution < -0.4 is 4.90 Å². The van der Waals surface area contributed by atoms with Crippen molar-refractivity contribution >= 4 is 44.0 Å². The lowest BCUT2D eigenvalue weighted by Crippen LogP contribution is -2.29. The lowest BCUT2D eigenvalue weighted by molar-refractivity contribution is -0.117. The van der Waals surface area contributed by atoms with E-state index in [0.29, 0.717) is 19.4 Å². The predicted octanol–water partition coefficient (Wildman–Crippen LogP) is 2.01. The number of hydrogen-bond donors (Lipinski definition) is 0. The molecule has 0 spiro atoms. The van der Waals surface area contributed by atoms with Crippen molar-refractivity contribution in [3.63, 3.8) is 0 Å². The van der Waals surface area contributed by atoms with Crippen LogP contribution in [-0.2, 0) is 21.1 Å². The summed E-state index contributed by atoms with van der Waals surface area (Å²) >= 11 is 2.22. The van der Waals surface area contributed by atoms with Gasteiger partial charge in [0.1, 0.15) is 9.84 Å². The van der Waals surface area contributed by atoms with Crippen molar-refractivity contribution in [3.8, 4) is 0 Å². The fourth-order valence-electron chi connectivity index (χ4n) is 2.18. The first-order valence-electron chi connectivity index (χ1n) is 6.22. The highest BCUT2D eigenvalue weighted by Gasteiger charge is 2.27. The summed E-state index contributed by atoms with van der Waals surface area (Å²) in [6.45, 7) is 2.12. The van der Waals surface area contributed by atoms with Crippen LogP contribution >= 0.6 is 22.6 Å². The molecule has 2 rings (SSSR count). The Kier molecular flexibility index (Phi) is 4.50. The van der Waals surface area contributed by atoms with Gasteiger partial charge in [-0.1, -0.05) is 6.92 Å². The van der Waals surface area contributed by atoms with Crippen LogP contribution in [0.2, 0.25) is 0 Å². The van der Waals surface area contributed by atoms with Gasteiger partial charge in [0.2, 0.25) is 5.91 Å². The largest absolute Gasteiger partial charge is 0.312 e. The van der Waals surface area contributed by atoms with E-state index in [1.54, 1.807) is 11.8 Å². The molecule has 0 aliphatic carbocycles. The Morgan fingerprint density at radius 3 is 2.79 bits per heavy atom. The number of hydrogen-bond acceptors (Lipinski definition) is 3. The number of carbonyl (C=O) groups excluding carboxylic acids is 1. The molecule has 4 nitrogen and oxygen atoms in total. The van der Waals surface area contributed by atoms with Crippen molar-refractivity contribution in [2.45, 2.75) is 19.8 Å². The van der Waals surface area contributed by atoms with Crippen LogP contribution in [0.4, 0.5) is 5.69 Å². The van der Waals surface area contributed by atoms with Gasteiger partial charge in [-0.05, 0) is 52.8 Å². The Hall–Kier alpha value is -0.630. The lowest BCUT2D eigenvalue weighted by atomic mass is 10.2. The van der Waals surface area contributed by atoms with Crippen molar-refractivity contribution in [1.29, 1.82) is 0 Å². The summed E-state index contributed by atoms with van der Waals surface area (Å²) in [7, 11) is -2.95. The Morgan fingerprint density at radius 2 is 2.11 bits per heavy atom. The molecule has 1 aromatic rings. The summed E-state index contributed by atoms with van der Waals surface area (Å²) in [6.07, 6.45) is 0.917. The highest BCUT2D eigenvalue weighted by atomic mass is 127. The molecule has 0 radical (unpaired) electrons. The van der Waals surface area contributed by atoms with Gasteiger partial charge in [-0.25, -0.2) is 8.42 Å². The van der Waals surface area contributed by atoms with Crippen molar-refractivity contribution < 1.29 is 13.2 Å². The maximum Gasteiger partial charge on any atom is 0.231 e. The molecule has 0 fully saturated rings. The number of nitrogens with zero attached hydrogens (tertiary/aromatic N) is 1. The molecule has 1 heterocycles. The van der Waals surface area contributed by atoms with Gasteiger partial charge in [0, 0.05) is 21.6 Å². The van der Waals surface area contributed by atoms with E-state index in [9.17, 15) is 13.2 Å². The third kappa shape index (κ3) is 3.47. The third-order valence-electron chi connectivity index (χ3n) is 3.25. The molecule has 0 unspecified atom stereocenters. The normalized spacial score (nSPS) is 14.8. The standard InChI is InChI=1S/C13H16INO3S/c1-2-19(17,18)7-3-6-15-12-5-4-11(14)8-10(12)9-13(15)16/h4-5,8H,2-3,6-7,9H2,1H3. The Balaban J connectivity index is 2.05. The predicted molar refractivity (Wildman–Crippen MR) is 84.2 cm³/mol. The van der Waals surface area contributed by atoms with Crippen molar-refractivity contribution in [1.82, 2.24) is 0 Å². The molecule has 6 heteroatoms. The zero-order valence-corrected chi connectivity index (χ0v) is 13.7. The Labute approximate surface area is 127 Å². The minimum atomic E-state index is -2.95. The SMILES string of the molecule is CCS(=O)(=O)CCCN1C(=O)Cc2cc(I)ccc21. The smallest absolute Gasteiger partial charge is 0.231 e. The number of fused-ring (bicyclic) bond motifs is 1. The van der Waals surface area contributed by atoms with Gasteiger partial charge < -0.3 is 4.90 Å². The third-order valence-corrected chi connectivity index (χ3v) is 5.71. The van der Waals surface area contributed by atoms with Gasteiger partial charge in [0.25, 0.3) is 0 Å². The minimum Gasteiger partial charge on any atom is -0.312 e. The molecule has 0 saturated heterocycles. The van der Waals surface area contributed by atoms with E-state index in [0.717, 1.165) is 14.8 Å². The van der Waals surface area contributed by atoms with Gasteiger partial charge in [0.05, 0.1) is 12.2 Å². The van der Waals surface area contributed by atoms with E-state index in [1.165, 1.54) is 0 Å². The fraction of sp³-hybridized carbons (Fsp3) is 0.462. The Bertz CT molecular complexity index is 598. The minimum absolute atomic E-state index is 0.0610. The van der Waals surface area contributed by atoms with E-state index in [-0.39, 0.29) is 17.4 Å². The van der Waals surface area contributed by atoms with Crippen molar-refractivity contribution in [2.24, 2.45) is 0 Å². The molecule has 1 aliphatic rings. The number of amides is 1. The molecule has 0 saturated carbocycles. The lowest BCUT2D eigenvalue weighted by Gasteiger charge is -2.17. The molecule has 104 valence electrons. The van der Waals surface area contributed by atoms with E-state index < -0.39 is 9.84 Å². The van der Waals surface area contributed by atoms with Crippen LogP contribution in [-0.4, -0.2) is 32.4 Å². The Morgan fingerprint density at radius 1 is 1.37 bits per heavy atom. The molecule has 0 bridgehead atoms. The highest BCUT2D eigenvalue weighted by molar-refractivity contribution is 14.1. The van der Waals surface area contributed by atoms with Crippen LogP contribution in [0.5, 0.6) is 0 Å².